The minimum Gasteiger partial charge on any atom is -0.497 e. The van der Waals surface area contributed by atoms with E-state index in [2.05, 4.69) is 39.2 Å². The van der Waals surface area contributed by atoms with Crippen LogP contribution in [0.15, 0.2) is 22.7 Å². The molecule has 1 aromatic rings. The molecular weight excluding hydrogens is 336 g/mol. The largest absolute Gasteiger partial charge is 0.497 e. The van der Waals surface area contributed by atoms with Crippen molar-refractivity contribution in [3.05, 3.63) is 28.2 Å². The lowest BCUT2D eigenvalue weighted by Crippen LogP contribution is -2.39. The lowest BCUT2D eigenvalue weighted by atomic mass is 10.1. The van der Waals surface area contributed by atoms with Gasteiger partial charge in [0.05, 0.1) is 7.11 Å². The van der Waals surface area contributed by atoms with Gasteiger partial charge in [0.2, 0.25) is 0 Å². The van der Waals surface area contributed by atoms with E-state index in [9.17, 15) is 0 Å². The second kappa shape index (κ2) is 8.27. The molecule has 112 valence electrons. The highest BCUT2D eigenvalue weighted by Crippen LogP contribution is 2.30. The standard InChI is InChI=1S/C15H23BrN2OS/c1-19-13-6-7-15(16)11(9-13)8-12(18-17)10-20-14-4-2-3-5-14/h6-7,9,12,14,18H,2-5,8,10,17H2,1H3. The maximum absolute atomic E-state index is 5.72. The smallest absolute Gasteiger partial charge is 0.119 e. The molecule has 5 heteroatoms. The third-order valence-corrected chi connectivity index (χ3v) is 6.10. The predicted molar refractivity (Wildman–Crippen MR) is 90.2 cm³/mol. The molecule has 20 heavy (non-hydrogen) atoms. The zero-order valence-corrected chi connectivity index (χ0v) is 14.3. The first-order valence-electron chi connectivity index (χ1n) is 7.13. The number of benzene rings is 1. The van der Waals surface area contributed by atoms with Gasteiger partial charge in [-0.3, -0.25) is 11.3 Å². The summed E-state index contributed by atoms with van der Waals surface area (Å²) < 4.78 is 6.40. The van der Waals surface area contributed by atoms with E-state index in [0.717, 1.165) is 27.6 Å². The number of nitrogens with one attached hydrogen (secondary N) is 1. The third-order valence-electron chi connectivity index (χ3n) is 3.79. The van der Waals surface area contributed by atoms with Gasteiger partial charge in [0, 0.05) is 21.5 Å². The molecule has 0 saturated heterocycles. The molecule has 2 rings (SSSR count). The summed E-state index contributed by atoms with van der Waals surface area (Å²) in [5.74, 6) is 7.67. The van der Waals surface area contributed by atoms with Gasteiger partial charge >= 0.3 is 0 Å². The molecule has 0 spiro atoms. The number of halogens is 1. The van der Waals surface area contributed by atoms with E-state index in [1.165, 1.54) is 31.2 Å². The molecule has 1 aliphatic rings. The average molecular weight is 359 g/mol. The van der Waals surface area contributed by atoms with Crippen LogP contribution in [0.3, 0.4) is 0 Å². The van der Waals surface area contributed by atoms with E-state index < -0.39 is 0 Å². The van der Waals surface area contributed by atoms with E-state index in [1.807, 2.05) is 12.1 Å². The van der Waals surface area contributed by atoms with E-state index >= 15 is 0 Å². The van der Waals surface area contributed by atoms with E-state index in [-0.39, 0.29) is 0 Å². The Balaban J connectivity index is 1.91. The molecule has 1 aromatic carbocycles. The second-order valence-electron chi connectivity index (χ2n) is 5.26. The molecule has 1 atom stereocenters. The number of hydrogen-bond acceptors (Lipinski definition) is 4. The fourth-order valence-electron chi connectivity index (χ4n) is 2.57. The molecule has 3 nitrogen and oxygen atoms in total. The summed E-state index contributed by atoms with van der Waals surface area (Å²) >= 11 is 5.67. The van der Waals surface area contributed by atoms with E-state index in [1.54, 1.807) is 7.11 Å². The number of methoxy groups -OCH3 is 1. The maximum Gasteiger partial charge on any atom is 0.119 e. The number of ether oxygens (including phenoxy) is 1. The van der Waals surface area contributed by atoms with Crippen molar-refractivity contribution in [3.63, 3.8) is 0 Å². The molecule has 0 radical (unpaired) electrons. The monoisotopic (exact) mass is 358 g/mol. The lowest BCUT2D eigenvalue weighted by Gasteiger charge is -2.19. The SMILES string of the molecule is COc1ccc(Br)c(CC(CSC2CCCC2)NN)c1. The Morgan fingerprint density at radius 3 is 2.85 bits per heavy atom. The van der Waals surface area contributed by atoms with Crippen molar-refractivity contribution in [1.29, 1.82) is 0 Å². The van der Waals surface area contributed by atoms with Gasteiger partial charge in [-0.25, -0.2) is 0 Å². The zero-order chi connectivity index (χ0) is 14.4. The Hall–Kier alpha value is -0.230. The van der Waals surface area contributed by atoms with Gasteiger partial charge in [0.1, 0.15) is 5.75 Å². The summed E-state index contributed by atoms with van der Waals surface area (Å²) in [4.78, 5) is 0. The van der Waals surface area contributed by atoms with Gasteiger partial charge in [-0.15, -0.1) is 0 Å². The average Bonchev–Trinajstić information content (AvgIpc) is 2.98. The fourth-order valence-corrected chi connectivity index (χ4v) is 4.37. The van der Waals surface area contributed by atoms with Crippen molar-refractivity contribution in [2.45, 2.75) is 43.4 Å². The first-order valence-corrected chi connectivity index (χ1v) is 8.97. The summed E-state index contributed by atoms with van der Waals surface area (Å²) in [6.45, 7) is 0. The van der Waals surface area contributed by atoms with Crippen molar-refractivity contribution in [2.24, 2.45) is 5.84 Å². The summed E-state index contributed by atoms with van der Waals surface area (Å²) in [5, 5.41) is 0.833. The molecule has 0 bridgehead atoms. The van der Waals surface area contributed by atoms with Crippen molar-refractivity contribution in [3.8, 4) is 5.75 Å². The molecule has 1 saturated carbocycles. The minimum atomic E-state index is 0.295. The zero-order valence-electron chi connectivity index (χ0n) is 11.9. The highest BCUT2D eigenvalue weighted by Gasteiger charge is 2.18. The van der Waals surface area contributed by atoms with Crippen LogP contribution in [0.4, 0.5) is 0 Å². The Morgan fingerprint density at radius 1 is 1.45 bits per heavy atom. The molecule has 0 amide bonds. The molecular formula is C15H23BrN2OS. The van der Waals surface area contributed by atoms with Crippen LogP contribution >= 0.6 is 27.7 Å². The summed E-state index contributed by atoms with van der Waals surface area (Å²) in [6, 6.07) is 6.37. The summed E-state index contributed by atoms with van der Waals surface area (Å²) in [7, 11) is 1.70. The molecule has 1 unspecified atom stereocenters. The first-order chi connectivity index (χ1) is 9.72. The number of thioether (sulfide) groups is 1. The van der Waals surface area contributed by atoms with Crippen LogP contribution in [-0.4, -0.2) is 24.2 Å². The summed E-state index contributed by atoms with van der Waals surface area (Å²) in [6.07, 6.45) is 6.42. The molecule has 0 heterocycles. The van der Waals surface area contributed by atoms with Crippen LogP contribution in [0, 0.1) is 0 Å². The Bertz CT molecular complexity index is 424. The number of rotatable bonds is 7. The molecule has 0 aromatic heterocycles. The van der Waals surface area contributed by atoms with Gasteiger partial charge in [0.25, 0.3) is 0 Å². The topological polar surface area (TPSA) is 47.3 Å². The highest BCUT2D eigenvalue weighted by molar-refractivity contribution is 9.10. The second-order valence-corrected chi connectivity index (χ2v) is 7.45. The van der Waals surface area contributed by atoms with Gasteiger partial charge in [-0.1, -0.05) is 28.8 Å². The van der Waals surface area contributed by atoms with Crippen LogP contribution in [0.1, 0.15) is 31.2 Å². The van der Waals surface area contributed by atoms with Gasteiger partial charge in [0.15, 0.2) is 0 Å². The normalized spacial score (nSPS) is 17.4. The van der Waals surface area contributed by atoms with E-state index in [0.29, 0.717) is 6.04 Å². The van der Waals surface area contributed by atoms with Crippen LogP contribution in [0.25, 0.3) is 0 Å². The summed E-state index contributed by atoms with van der Waals surface area (Å²) in [5.41, 5.74) is 4.19. The lowest BCUT2D eigenvalue weighted by molar-refractivity contribution is 0.414. The third kappa shape index (κ3) is 4.65. The van der Waals surface area contributed by atoms with Crippen LogP contribution in [0.2, 0.25) is 0 Å². The number of hydrogen-bond donors (Lipinski definition) is 2. The van der Waals surface area contributed by atoms with Gasteiger partial charge in [-0.05, 0) is 43.0 Å². The molecule has 1 aliphatic carbocycles. The van der Waals surface area contributed by atoms with Crippen LogP contribution < -0.4 is 16.0 Å². The number of hydrazine groups is 1. The fraction of sp³-hybridized carbons (Fsp3) is 0.600. The highest BCUT2D eigenvalue weighted by atomic mass is 79.9. The minimum absolute atomic E-state index is 0.295. The van der Waals surface area contributed by atoms with Crippen molar-refractivity contribution in [1.82, 2.24) is 5.43 Å². The van der Waals surface area contributed by atoms with Crippen LogP contribution in [-0.2, 0) is 6.42 Å². The predicted octanol–water partition coefficient (Wildman–Crippen LogP) is 3.51. The molecule has 3 N–H and O–H groups in total. The van der Waals surface area contributed by atoms with Crippen molar-refractivity contribution in [2.75, 3.05) is 12.9 Å². The van der Waals surface area contributed by atoms with Crippen molar-refractivity contribution >= 4 is 27.7 Å². The number of nitrogens with two attached hydrogens (primary N) is 1. The van der Waals surface area contributed by atoms with E-state index in [4.69, 9.17) is 10.6 Å². The first kappa shape index (κ1) is 16.1. The Kier molecular flexibility index (Phi) is 6.68. The molecule has 1 fully saturated rings. The van der Waals surface area contributed by atoms with Crippen molar-refractivity contribution < 1.29 is 4.74 Å². The molecule has 0 aliphatic heterocycles. The maximum atomic E-state index is 5.72. The quantitative estimate of drug-likeness (QED) is 0.578. The van der Waals surface area contributed by atoms with Crippen LogP contribution in [0.5, 0.6) is 5.75 Å². The van der Waals surface area contributed by atoms with Gasteiger partial charge in [-0.2, -0.15) is 11.8 Å². The Labute approximate surface area is 134 Å². The Morgan fingerprint density at radius 2 is 2.20 bits per heavy atom. The van der Waals surface area contributed by atoms with Gasteiger partial charge < -0.3 is 4.74 Å².